The fourth-order valence-electron chi connectivity index (χ4n) is 3.70. The number of nitrogens with one attached hydrogen (secondary N) is 1. The van der Waals surface area contributed by atoms with E-state index in [-0.39, 0.29) is 17.9 Å². The Bertz CT molecular complexity index is 1010. The third-order valence-corrected chi connectivity index (χ3v) is 5.22. The molecule has 2 aromatic heterocycles. The van der Waals surface area contributed by atoms with E-state index in [1.807, 2.05) is 24.3 Å². The molecule has 2 amide bonds. The molecular weight excluding hydrogens is 370 g/mol. The summed E-state index contributed by atoms with van der Waals surface area (Å²) >= 11 is 0. The van der Waals surface area contributed by atoms with Crippen LogP contribution in [0.15, 0.2) is 53.2 Å². The Morgan fingerprint density at radius 1 is 1.21 bits per heavy atom. The van der Waals surface area contributed by atoms with Crippen molar-refractivity contribution in [2.45, 2.75) is 25.5 Å². The zero-order valence-electron chi connectivity index (χ0n) is 16.3. The van der Waals surface area contributed by atoms with Crippen molar-refractivity contribution in [2.24, 2.45) is 0 Å². The number of pyridine rings is 1. The average molecular weight is 393 g/mol. The van der Waals surface area contributed by atoms with Crippen molar-refractivity contribution in [1.82, 2.24) is 15.2 Å². The first kappa shape index (κ1) is 19.1. The van der Waals surface area contributed by atoms with Gasteiger partial charge >= 0.3 is 0 Å². The SMILES string of the molecule is COCc1c(C(=O)N2CCC(NC(=O)c3cccnc3)CC2)oc2ccccc12. The maximum absolute atomic E-state index is 13.1. The molecule has 1 aromatic carbocycles. The standard InChI is InChI=1S/C22H23N3O4/c1-28-14-18-17-6-2-3-7-19(17)29-20(18)22(27)25-11-8-16(9-12-25)24-21(26)15-5-4-10-23-13-15/h2-7,10,13,16H,8-9,11-12,14H2,1H3,(H,24,26). The van der Waals surface area contributed by atoms with Gasteiger partial charge in [-0.3, -0.25) is 14.6 Å². The third-order valence-electron chi connectivity index (χ3n) is 5.22. The zero-order chi connectivity index (χ0) is 20.2. The molecule has 0 saturated carbocycles. The summed E-state index contributed by atoms with van der Waals surface area (Å²) in [5.41, 5.74) is 2.00. The number of carbonyl (C=O) groups is 2. The molecule has 0 bridgehead atoms. The monoisotopic (exact) mass is 393 g/mol. The fraction of sp³-hybridized carbons (Fsp3) is 0.318. The number of para-hydroxylation sites is 1. The zero-order valence-corrected chi connectivity index (χ0v) is 16.3. The quantitative estimate of drug-likeness (QED) is 0.720. The van der Waals surface area contributed by atoms with E-state index in [0.717, 1.165) is 10.9 Å². The number of hydrogen-bond donors (Lipinski definition) is 1. The van der Waals surface area contributed by atoms with E-state index in [2.05, 4.69) is 10.3 Å². The lowest BCUT2D eigenvalue weighted by Crippen LogP contribution is -2.46. The number of furan rings is 1. The van der Waals surface area contributed by atoms with E-state index < -0.39 is 0 Å². The predicted molar refractivity (Wildman–Crippen MR) is 108 cm³/mol. The highest BCUT2D eigenvalue weighted by Gasteiger charge is 2.29. The van der Waals surface area contributed by atoms with Gasteiger partial charge in [0, 0.05) is 49.6 Å². The highest BCUT2D eigenvalue weighted by molar-refractivity contribution is 5.99. The van der Waals surface area contributed by atoms with Crippen molar-refractivity contribution in [3.63, 3.8) is 0 Å². The Balaban J connectivity index is 1.42. The molecule has 1 saturated heterocycles. The number of hydrogen-bond acceptors (Lipinski definition) is 5. The van der Waals surface area contributed by atoms with Gasteiger partial charge in [-0.15, -0.1) is 0 Å². The Kier molecular flexibility index (Phi) is 5.57. The summed E-state index contributed by atoms with van der Waals surface area (Å²) in [4.78, 5) is 31.2. The number of likely N-dealkylation sites (tertiary alicyclic amines) is 1. The minimum Gasteiger partial charge on any atom is -0.451 e. The lowest BCUT2D eigenvalue weighted by atomic mass is 10.0. The summed E-state index contributed by atoms with van der Waals surface area (Å²) in [5.74, 6) is 0.0683. The number of nitrogens with zero attached hydrogens (tertiary/aromatic N) is 2. The van der Waals surface area contributed by atoms with Gasteiger partial charge in [0.25, 0.3) is 11.8 Å². The molecule has 29 heavy (non-hydrogen) atoms. The lowest BCUT2D eigenvalue weighted by Gasteiger charge is -2.32. The van der Waals surface area contributed by atoms with E-state index >= 15 is 0 Å². The highest BCUT2D eigenvalue weighted by atomic mass is 16.5. The van der Waals surface area contributed by atoms with Crippen LogP contribution in [0.5, 0.6) is 0 Å². The van der Waals surface area contributed by atoms with Crippen LogP contribution in [-0.2, 0) is 11.3 Å². The normalized spacial score (nSPS) is 14.9. The van der Waals surface area contributed by atoms with Crippen molar-refractivity contribution >= 4 is 22.8 Å². The summed E-state index contributed by atoms with van der Waals surface area (Å²) in [6.45, 7) is 1.43. The van der Waals surface area contributed by atoms with Crippen LogP contribution < -0.4 is 5.32 Å². The third kappa shape index (κ3) is 4.00. The van der Waals surface area contributed by atoms with Crippen molar-refractivity contribution in [1.29, 1.82) is 0 Å². The summed E-state index contributed by atoms with van der Waals surface area (Å²) in [7, 11) is 1.60. The van der Waals surface area contributed by atoms with Crippen LogP contribution in [0.3, 0.4) is 0 Å². The van der Waals surface area contributed by atoms with E-state index in [1.165, 1.54) is 0 Å². The van der Waals surface area contributed by atoms with E-state index in [4.69, 9.17) is 9.15 Å². The number of carbonyl (C=O) groups excluding carboxylic acids is 2. The van der Waals surface area contributed by atoms with Crippen molar-refractivity contribution in [2.75, 3.05) is 20.2 Å². The molecule has 1 fully saturated rings. The van der Waals surface area contributed by atoms with Crippen LogP contribution in [0.2, 0.25) is 0 Å². The van der Waals surface area contributed by atoms with Crippen LogP contribution in [0.25, 0.3) is 11.0 Å². The molecule has 1 aliphatic rings. The molecule has 0 aliphatic carbocycles. The molecule has 150 valence electrons. The first-order valence-electron chi connectivity index (χ1n) is 9.67. The number of benzene rings is 1. The predicted octanol–water partition coefficient (Wildman–Crippen LogP) is 3.01. The second-order valence-corrected chi connectivity index (χ2v) is 7.12. The van der Waals surface area contributed by atoms with Crippen LogP contribution in [0, 0.1) is 0 Å². The van der Waals surface area contributed by atoms with E-state index in [0.29, 0.717) is 49.4 Å². The molecular formula is C22H23N3O4. The maximum Gasteiger partial charge on any atom is 0.289 e. The van der Waals surface area contributed by atoms with Crippen LogP contribution in [0.1, 0.15) is 39.3 Å². The van der Waals surface area contributed by atoms with Crippen molar-refractivity contribution in [3.05, 3.63) is 65.7 Å². The molecule has 0 atom stereocenters. The Labute approximate surface area is 168 Å². The number of ether oxygens (including phenoxy) is 1. The molecule has 7 heteroatoms. The number of methoxy groups -OCH3 is 1. The Morgan fingerprint density at radius 3 is 2.72 bits per heavy atom. The molecule has 1 aliphatic heterocycles. The van der Waals surface area contributed by atoms with Crippen LogP contribution in [-0.4, -0.2) is 47.9 Å². The van der Waals surface area contributed by atoms with Gasteiger partial charge in [0.05, 0.1) is 12.2 Å². The Hall–Kier alpha value is -3.19. The largest absolute Gasteiger partial charge is 0.451 e. The lowest BCUT2D eigenvalue weighted by molar-refractivity contribution is 0.0663. The fourth-order valence-corrected chi connectivity index (χ4v) is 3.70. The molecule has 0 spiro atoms. The maximum atomic E-state index is 13.1. The van der Waals surface area contributed by atoms with Gasteiger partial charge in [-0.1, -0.05) is 18.2 Å². The number of fused-ring (bicyclic) bond motifs is 1. The molecule has 7 nitrogen and oxygen atoms in total. The number of aromatic nitrogens is 1. The average Bonchev–Trinajstić information content (AvgIpc) is 3.13. The summed E-state index contributed by atoms with van der Waals surface area (Å²) < 4.78 is 11.2. The number of rotatable bonds is 5. The van der Waals surface area contributed by atoms with Crippen molar-refractivity contribution < 1.29 is 18.7 Å². The van der Waals surface area contributed by atoms with Crippen LogP contribution >= 0.6 is 0 Å². The second-order valence-electron chi connectivity index (χ2n) is 7.12. The minimum atomic E-state index is -0.137. The van der Waals surface area contributed by atoms with Gasteiger partial charge in [-0.05, 0) is 31.0 Å². The van der Waals surface area contributed by atoms with E-state index in [1.54, 1.807) is 36.5 Å². The minimum absolute atomic E-state index is 0.0286. The van der Waals surface area contributed by atoms with Gasteiger partial charge in [0.1, 0.15) is 5.58 Å². The smallest absolute Gasteiger partial charge is 0.289 e. The molecule has 1 N–H and O–H groups in total. The molecule has 0 radical (unpaired) electrons. The van der Waals surface area contributed by atoms with Gasteiger partial charge in [0.2, 0.25) is 0 Å². The first-order chi connectivity index (χ1) is 14.2. The summed E-state index contributed by atoms with van der Waals surface area (Å²) in [6, 6.07) is 11.1. The molecule has 3 heterocycles. The Morgan fingerprint density at radius 2 is 2.00 bits per heavy atom. The van der Waals surface area contributed by atoms with Crippen molar-refractivity contribution in [3.8, 4) is 0 Å². The van der Waals surface area contributed by atoms with Gasteiger partial charge < -0.3 is 19.4 Å². The molecule has 0 unspecified atom stereocenters. The van der Waals surface area contributed by atoms with Gasteiger partial charge in [-0.25, -0.2) is 0 Å². The number of piperidine rings is 1. The molecule has 4 rings (SSSR count). The van der Waals surface area contributed by atoms with E-state index in [9.17, 15) is 9.59 Å². The summed E-state index contributed by atoms with van der Waals surface area (Å²) in [5, 5.41) is 3.93. The summed E-state index contributed by atoms with van der Waals surface area (Å²) in [6.07, 6.45) is 4.57. The highest BCUT2D eigenvalue weighted by Crippen LogP contribution is 2.28. The van der Waals surface area contributed by atoms with Gasteiger partial charge in [0.15, 0.2) is 5.76 Å². The van der Waals surface area contributed by atoms with Gasteiger partial charge in [-0.2, -0.15) is 0 Å². The van der Waals surface area contributed by atoms with Crippen LogP contribution in [0.4, 0.5) is 0 Å². The first-order valence-corrected chi connectivity index (χ1v) is 9.67. The number of amides is 2. The molecule has 3 aromatic rings. The second kappa shape index (κ2) is 8.45. The topological polar surface area (TPSA) is 84.7 Å².